The monoisotopic (exact) mass is 369 g/mol. The fraction of sp³-hybridized carbons (Fsp3) is 0.409. The van der Waals surface area contributed by atoms with E-state index in [2.05, 4.69) is 5.32 Å². The van der Waals surface area contributed by atoms with E-state index < -0.39 is 6.10 Å². The predicted octanol–water partition coefficient (Wildman–Crippen LogP) is 3.73. The zero-order chi connectivity index (χ0) is 19.4. The summed E-state index contributed by atoms with van der Waals surface area (Å²) in [5.74, 6) is 0.926. The molecule has 1 aliphatic carbocycles. The number of carbonyl (C=O) groups excluding carboxylic acids is 1. The fourth-order valence-corrected chi connectivity index (χ4v) is 3.22. The normalized spacial score (nSPS) is 15.9. The van der Waals surface area contributed by atoms with Crippen LogP contribution in [0, 0.1) is 5.41 Å². The summed E-state index contributed by atoms with van der Waals surface area (Å²) in [6.07, 6.45) is 1.14. The third kappa shape index (κ3) is 4.42. The van der Waals surface area contributed by atoms with Crippen LogP contribution in [0.3, 0.4) is 0 Å². The van der Waals surface area contributed by atoms with Gasteiger partial charge in [-0.05, 0) is 44.4 Å². The van der Waals surface area contributed by atoms with E-state index >= 15 is 0 Å². The van der Waals surface area contributed by atoms with Gasteiger partial charge in [-0.1, -0.05) is 30.3 Å². The lowest BCUT2D eigenvalue weighted by molar-refractivity contribution is 0.0805. The summed E-state index contributed by atoms with van der Waals surface area (Å²) in [7, 11) is 1.58. The topological polar surface area (TPSA) is 67.8 Å². The van der Waals surface area contributed by atoms with Gasteiger partial charge in [0.1, 0.15) is 11.5 Å². The van der Waals surface area contributed by atoms with Crippen LogP contribution in [0.5, 0.6) is 11.5 Å². The van der Waals surface area contributed by atoms with Crippen molar-refractivity contribution in [1.29, 1.82) is 0 Å². The van der Waals surface area contributed by atoms with Crippen LogP contribution in [0.15, 0.2) is 48.5 Å². The van der Waals surface area contributed by atoms with Crippen LogP contribution in [-0.4, -0.2) is 30.8 Å². The van der Waals surface area contributed by atoms with Crippen LogP contribution in [-0.2, 0) is 0 Å². The van der Waals surface area contributed by atoms with E-state index in [1.54, 1.807) is 25.3 Å². The van der Waals surface area contributed by atoms with E-state index in [1.807, 2.05) is 44.2 Å². The van der Waals surface area contributed by atoms with Crippen molar-refractivity contribution in [3.63, 3.8) is 0 Å². The lowest BCUT2D eigenvalue weighted by atomic mass is 9.92. The Morgan fingerprint density at radius 1 is 1.19 bits per heavy atom. The summed E-state index contributed by atoms with van der Waals surface area (Å²) < 4.78 is 11.0. The van der Waals surface area contributed by atoms with Gasteiger partial charge < -0.3 is 19.9 Å². The van der Waals surface area contributed by atoms with Crippen molar-refractivity contribution in [2.75, 3.05) is 13.7 Å². The first-order chi connectivity index (χ1) is 12.9. The van der Waals surface area contributed by atoms with Crippen LogP contribution in [0.2, 0.25) is 0 Å². The van der Waals surface area contributed by atoms with E-state index in [0.717, 1.165) is 18.4 Å². The molecule has 2 aromatic rings. The number of aliphatic hydroxyl groups excluding tert-OH is 1. The Morgan fingerprint density at radius 3 is 2.48 bits per heavy atom. The number of ether oxygens (including phenoxy) is 2. The first-order valence-corrected chi connectivity index (χ1v) is 9.31. The first-order valence-electron chi connectivity index (χ1n) is 9.31. The standard InChI is InChI=1S/C22H27NO4/c1-15(2)27-19-13-17(26-3)9-10-18(19)21(25)23-14-22(11-12-22)20(24)16-7-5-4-6-8-16/h4-10,13,15,20,24H,11-12,14H2,1-3H3,(H,23,25)/t20-/m0/s1. The maximum atomic E-state index is 12.8. The average molecular weight is 369 g/mol. The number of methoxy groups -OCH3 is 1. The second-order valence-electron chi connectivity index (χ2n) is 7.39. The highest BCUT2D eigenvalue weighted by Crippen LogP contribution is 2.54. The zero-order valence-electron chi connectivity index (χ0n) is 16.1. The van der Waals surface area contributed by atoms with Crippen LogP contribution < -0.4 is 14.8 Å². The number of aliphatic hydroxyl groups is 1. The number of carbonyl (C=O) groups is 1. The molecule has 0 saturated heterocycles. The van der Waals surface area contributed by atoms with Crippen LogP contribution in [0.1, 0.15) is 48.7 Å². The van der Waals surface area contributed by atoms with Crippen LogP contribution >= 0.6 is 0 Å². The fourth-order valence-electron chi connectivity index (χ4n) is 3.22. The quantitative estimate of drug-likeness (QED) is 0.744. The van der Waals surface area contributed by atoms with Crippen molar-refractivity contribution in [3.05, 3.63) is 59.7 Å². The summed E-state index contributed by atoms with van der Waals surface area (Å²) in [5.41, 5.74) is 1.06. The van der Waals surface area contributed by atoms with Gasteiger partial charge in [0.05, 0.1) is 24.9 Å². The molecule has 0 radical (unpaired) electrons. The Hall–Kier alpha value is -2.53. The highest BCUT2D eigenvalue weighted by atomic mass is 16.5. The molecule has 0 aromatic heterocycles. The summed E-state index contributed by atoms with van der Waals surface area (Å²) in [6, 6.07) is 14.8. The molecule has 1 atom stereocenters. The molecule has 3 rings (SSSR count). The molecular weight excluding hydrogens is 342 g/mol. The molecule has 5 heteroatoms. The van der Waals surface area contributed by atoms with Gasteiger partial charge in [-0.3, -0.25) is 4.79 Å². The molecule has 0 bridgehead atoms. The molecule has 1 saturated carbocycles. The minimum absolute atomic E-state index is 0.0571. The Kier molecular flexibility index (Phi) is 5.71. The Labute approximate surface area is 160 Å². The van der Waals surface area contributed by atoms with Crippen LogP contribution in [0.4, 0.5) is 0 Å². The highest BCUT2D eigenvalue weighted by molar-refractivity contribution is 5.97. The number of hydrogen-bond donors (Lipinski definition) is 2. The Balaban J connectivity index is 1.71. The minimum Gasteiger partial charge on any atom is -0.497 e. The van der Waals surface area contributed by atoms with Gasteiger partial charge in [0.2, 0.25) is 0 Å². The number of benzene rings is 2. The van der Waals surface area contributed by atoms with E-state index in [1.165, 1.54) is 0 Å². The van der Waals surface area contributed by atoms with Crippen molar-refractivity contribution >= 4 is 5.91 Å². The molecule has 5 nitrogen and oxygen atoms in total. The van der Waals surface area contributed by atoms with E-state index in [-0.39, 0.29) is 17.4 Å². The second kappa shape index (κ2) is 8.01. The Morgan fingerprint density at radius 2 is 1.89 bits per heavy atom. The number of nitrogens with one attached hydrogen (secondary N) is 1. The van der Waals surface area contributed by atoms with Gasteiger partial charge >= 0.3 is 0 Å². The molecule has 1 fully saturated rings. The first kappa shape index (κ1) is 19.2. The van der Waals surface area contributed by atoms with Gasteiger partial charge in [0.15, 0.2) is 0 Å². The highest BCUT2D eigenvalue weighted by Gasteiger charge is 2.49. The van der Waals surface area contributed by atoms with Gasteiger partial charge in [-0.15, -0.1) is 0 Å². The summed E-state index contributed by atoms with van der Waals surface area (Å²) in [4.78, 5) is 12.8. The average Bonchev–Trinajstić information content (AvgIpc) is 3.47. The molecule has 2 aromatic carbocycles. The molecule has 2 N–H and O–H groups in total. The largest absolute Gasteiger partial charge is 0.497 e. The maximum Gasteiger partial charge on any atom is 0.255 e. The third-order valence-corrected chi connectivity index (χ3v) is 4.98. The van der Waals surface area contributed by atoms with Gasteiger partial charge in [0.25, 0.3) is 5.91 Å². The van der Waals surface area contributed by atoms with Crippen molar-refractivity contribution in [1.82, 2.24) is 5.32 Å². The zero-order valence-corrected chi connectivity index (χ0v) is 16.1. The smallest absolute Gasteiger partial charge is 0.255 e. The van der Waals surface area contributed by atoms with Crippen molar-refractivity contribution in [3.8, 4) is 11.5 Å². The molecule has 1 amide bonds. The molecule has 0 heterocycles. The van der Waals surface area contributed by atoms with E-state index in [4.69, 9.17) is 9.47 Å². The summed E-state index contributed by atoms with van der Waals surface area (Å²) >= 11 is 0. The van der Waals surface area contributed by atoms with E-state index in [0.29, 0.717) is 23.6 Å². The van der Waals surface area contributed by atoms with E-state index in [9.17, 15) is 9.90 Å². The SMILES string of the molecule is COc1ccc(C(=O)NCC2([C@@H](O)c3ccccc3)CC2)c(OC(C)C)c1. The Bertz CT molecular complexity index is 784. The molecule has 144 valence electrons. The molecule has 1 aliphatic rings. The summed E-state index contributed by atoms with van der Waals surface area (Å²) in [6.45, 7) is 4.25. The molecule has 0 spiro atoms. The number of hydrogen-bond acceptors (Lipinski definition) is 4. The van der Waals surface area contributed by atoms with Gasteiger partial charge in [0, 0.05) is 18.0 Å². The maximum absolute atomic E-state index is 12.8. The van der Waals surface area contributed by atoms with Gasteiger partial charge in [-0.25, -0.2) is 0 Å². The molecular formula is C22H27NO4. The number of amides is 1. The second-order valence-corrected chi connectivity index (χ2v) is 7.39. The van der Waals surface area contributed by atoms with Crippen molar-refractivity contribution in [2.45, 2.75) is 38.9 Å². The summed E-state index contributed by atoms with van der Waals surface area (Å²) in [5, 5.41) is 13.7. The molecule has 0 aliphatic heterocycles. The minimum atomic E-state index is -0.582. The van der Waals surface area contributed by atoms with Crippen molar-refractivity contribution in [2.24, 2.45) is 5.41 Å². The van der Waals surface area contributed by atoms with Crippen molar-refractivity contribution < 1.29 is 19.4 Å². The predicted molar refractivity (Wildman–Crippen MR) is 104 cm³/mol. The third-order valence-electron chi connectivity index (χ3n) is 4.98. The lowest BCUT2D eigenvalue weighted by Gasteiger charge is -2.23. The van der Waals surface area contributed by atoms with Crippen LogP contribution in [0.25, 0.3) is 0 Å². The van der Waals surface area contributed by atoms with Gasteiger partial charge in [-0.2, -0.15) is 0 Å². The number of rotatable bonds is 8. The lowest BCUT2D eigenvalue weighted by Crippen LogP contribution is -2.33. The molecule has 27 heavy (non-hydrogen) atoms. The molecule has 0 unspecified atom stereocenters.